The Balaban J connectivity index is 1.93. The third-order valence-electron chi connectivity index (χ3n) is 3.23. The lowest BCUT2D eigenvalue weighted by Gasteiger charge is -2.18. The van der Waals surface area contributed by atoms with Gasteiger partial charge in [-0.3, -0.25) is 0 Å². The largest absolute Gasteiger partial charge is 0.569 e. The number of amidine groups is 1. The molecule has 4 nitrogen and oxygen atoms in total. The molecule has 0 aliphatic carbocycles. The van der Waals surface area contributed by atoms with Crippen LogP contribution < -0.4 is 0 Å². The molecule has 0 bridgehead atoms. The summed E-state index contributed by atoms with van der Waals surface area (Å²) < 4.78 is 27.4. The van der Waals surface area contributed by atoms with Crippen LogP contribution in [-0.2, 0) is 0 Å². The Hall–Kier alpha value is -3.41. The summed E-state index contributed by atoms with van der Waals surface area (Å²) in [6.07, 6.45) is 0. The SMILES string of the molecule is Fc1cccc(F)c1[N-]/N=C(\N=Nc1ccccc1)c1ccccc1. The smallest absolute Gasteiger partial charge is 0.163 e. The Bertz CT molecular complexity index is 874. The van der Waals surface area contributed by atoms with Gasteiger partial charge in [0, 0.05) is 5.56 Å². The Morgan fingerprint density at radius 1 is 0.720 bits per heavy atom. The van der Waals surface area contributed by atoms with Crippen molar-refractivity contribution >= 4 is 17.2 Å². The van der Waals surface area contributed by atoms with Gasteiger partial charge in [-0.2, -0.15) is 0 Å². The fourth-order valence-corrected chi connectivity index (χ4v) is 2.00. The second kappa shape index (κ2) is 7.92. The molecule has 0 aromatic heterocycles. The highest BCUT2D eigenvalue weighted by Gasteiger charge is 2.01. The molecule has 0 atom stereocenters. The first kappa shape index (κ1) is 16.4. The van der Waals surface area contributed by atoms with Crippen molar-refractivity contribution in [3.05, 3.63) is 101 Å². The molecule has 3 rings (SSSR count). The molecule has 6 heteroatoms. The van der Waals surface area contributed by atoms with E-state index in [-0.39, 0.29) is 5.84 Å². The average Bonchev–Trinajstić information content (AvgIpc) is 2.65. The summed E-state index contributed by atoms with van der Waals surface area (Å²) in [5.41, 5.74) is 4.47. The molecule has 0 spiro atoms. The van der Waals surface area contributed by atoms with E-state index in [2.05, 4.69) is 20.8 Å². The van der Waals surface area contributed by atoms with Gasteiger partial charge in [-0.1, -0.05) is 54.6 Å². The van der Waals surface area contributed by atoms with E-state index in [1.54, 1.807) is 36.4 Å². The van der Waals surface area contributed by atoms with Gasteiger partial charge in [0.15, 0.2) is 5.84 Å². The quantitative estimate of drug-likeness (QED) is 0.239. The first-order chi connectivity index (χ1) is 12.2. The average molecular weight is 335 g/mol. The van der Waals surface area contributed by atoms with Crippen LogP contribution in [0.1, 0.15) is 5.56 Å². The molecule has 0 aliphatic rings. The van der Waals surface area contributed by atoms with Gasteiger partial charge >= 0.3 is 0 Å². The van der Waals surface area contributed by atoms with Crippen molar-refractivity contribution in [3.63, 3.8) is 0 Å². The van der Waals surface area contributed by atoms with Crippen LogP contribution in [0.5, 0.6) is 0 Å². The maximum absolute atomic E-state index is 13.7. The lowest BCUT2D eigenvalue weighted by molar-refractivity contribution is 0.591. The lowest BCUT2D eigenvalue weighted by atomic mass is 10.2. The van der Waals surface area contributed by atoms with Crippen molar-refractivity contribution in [2.75, 3.05) is 0 Å². The third kappa shape index (κ3) is 4.32. The second-order valence-corrected chi connectivity index (χ2v) is 5.00. The summed E-state index contributed by atoms with van der Waals surface area (Å²) in [7, 11) is 0. The summed E-state index contributed by atoms with van der Waals surface area (Å²) >= 11 is 0. The van der Waals surface area contributed by atoms with Crippen LogP contribution in [0.15, 0.2) is 94.2 Å². The van der Waals surface area contributed by atoms with E-state index in [1.165, 1.54) is 6.07 Å². The Morgan fingerprint density at radius 2 is 1.32 bits per heavy atom. The highest BCUT2D eigenvalue weighted by molar-refractivity contribution is 5.99. The molecular formula is C19H13F2N4-. The van der Waals surface area contributed by atoms with Crippen molar-refractivity contribution in [2.24, 2.45) is 15.3 Å². The van der Waals surface area contributed by atoms with Crippen LogP contribution in [0, 0.1) is 11.6 Å². The van der Waals surface area contributed by atoms with Crippen LogP contribution in [0.25, 0.3) is 5.43 Å². The van der Waals surface area contributed by atoms with Gasteiger partial charge in [0.05, 0.1) is 5.69 Å². The lowest BCUT2D eigenvalue weighted by Crippen LogP contribution is -1.95. The summed E-state index contributed by atoms with van der Waals surface area (Å²) in [4.78, 5) is 0. The number of halogens is 2. The number of hydrogen-bond acceptors (Lipinski definition) is 2. The highest BCUT2D eigenvalue weighted by atomic mass is 19.1. The molecule has 0 aliphatic heterocycles. The predicted octanol–water partition coefficient (Wildman–Crippen LogP) is 6.12. The van der Waals surface area contributed by atoms with E-state index < -0.39 is 17.3 Å². The number of rotatable bonds is 4. The van der Waals surface area contributed by atoms with Gasteiger partial charge in [0.2, 0.25) is 0 Å². The number of benzene rings is 3. The molecule has 3 aromatic carbocycles. The fourth-order valence-electron chi connectivity index (χ4n) is 2.00. The van der Waals surface area contributed by atoms with Crippen molar-refractivity contribution in [1.82, 2.24) is 0 Å². The number of hydrogen-bond donors (Lipinski definition) is 0. The van der Waals surface area contributed by atoms with E-state index in [1.807, 2.05) is 24.3 Å². The minimum Gasteiger partial charge on any atom is -0.569 e. The van der Waals surface area contributed by atoms with E-state index >= 15 is 0 Å². The molecule has 25 heavy (non-hydrogen) atoms. The monoisotopic (exact) mass is 335 g/mol. The molecule has 0 saturated carbocycles. The predicted molar refractivity (Wildman–Crippen MR) is 93.3 cm³/mol. The zero-order chi connectivity index (χ0) is 17.5. The molecular weight excluding hydrogens is 322 g/mol. The maximum Gasteiger partial charge on any atom is 0.163 e. The van der Waals surface area contributed by atoms with E-state index in [0.29, 0.717) is 11.3 Å². The minimum atomic E-state index is -0.795. The first-order valence-electron chi connectivity index (χ1n) is 7.49. The van der Waals surface area contributed by atoms with Crippen molar-refractivity contribution < 1.29 is 8.78 Å². The van der Waals surface area contributed by atoms with E-state index in [9.17, 15) is 8.78 Å². The van der Waals surface area contributed by atoms with Crippen molar-refractivity contribution in [1.29, 1.82) is 0 Å². The normalized spacial score (nSPS) is 11.7. The van der Waals surface area contributed by atoms with Gasteiger partial charge in [-0.15, -0.1) is 10.2 Å². The zero-order valence-electron chi connectivity index (χ0n) is 13.1. The molecule has 0 heterocycles. The number of nitrogens with zero attached hydrogens (tertiary/aromatic N) is 4. The molecule has 0 amide bonds. The molecule has 0 radical (unpaired) electrons. The van der Waals surface area contributed by atoms with Crippen LogP contribution in [0.3, 0.4) is 0 Å². The zero-order valence-corrected chi connectivity index (χ0v) is 13.1. The van der Waals surface area contributed by atoms with Gasteiger partial charge < -0.3 is 10.5 Å². The summed E-state index contributed by atoms with van der Waals surface area (Å²) in [6.45, 7) is 0. The Morgan fingerprint density at radius 3 is 1.96 bits per heavy atom. The van der Waals surface area contributed by atoms with Crippen LogP contribution in [0.4, 0.5) is 20.2 Å². The van der Waals surface area contributed by atoms with E-state index in [0.717, 1.165) is 12.1 Å². The molecule has 0 N–H and O–H groups in total. The maximum atomic E-state index is 13.7. The standard InChI is InChI=1S/C19H13F2N4/c20-16-12-7-13-17(21)18(16)23-25-19(14-8-3-1-4-9-14)24-22-15-10-5-2-6-11-15/h1-13H/q-1/b24-22?,25-19-. The Labute approximate surface area is 143 Å². The van der Waals surface area contributed by atoms with Gasteiger partial charge in [-0.05, 0) is 30.0 Å². The third-order valence-corrected chi connectivity index (χ3v) is 3.23. The Kier molecular flexibility index (Phi) is 5.21. The van der Waals surface area contributed by atoms with Gasteiger partial charge in [-0.25, -0.2) is 8.78 Å². The van der Waals surface area contributed by atoms with Gasteiger partial charge in [0.25, 0.3) is 0 Å². The molecule has 3 aromatic rings. The molecule has 0 unspecified atom stereocenters. The summed E-state index contributed by atoms with van der Waals surface area (Å²) in [5.74, 6) is -1.44. The van der Waals surface area contributed by atoms with E-state index in [4.69, 9.17) is 0 Å². The van der Waals surface area contributed by atoms with Crippen LogP contribution in [0.2, 0.25) is 0 Å². The van der Waals surface area contributed by atoms with Crippen molar-refractivity contribution in [2.45, 2.75) is 0 Å². The van der Waals surface area contributed by atoms with Crippen LogP contribution >= 0.6 is 0 Å². The number of azo groups is 1. The minimum absolute atomic E-state index is 0.145. The molecule has 124 valence electrons. The summed E-state index contributed by atoms with van der Waals surface area (Å²) in [6, 6.07) is 21.5. The van der Waals surface area contributed by atoms with Crippen LogP contribution in [-0.4, -0.2) is 5.84 Å². The van der Waals surface area contributed by atoms with Crippen molar-refractivity contribution in [3.8, 4) is 0 Å². The topological polar surface area (TPSA) is 51.2 Å². The second-order valence-electron chi connectivity index (χ2n) is 5.00. The molecule has 0 fully saturated rings. The molecule has 0 saturated heterocycles. The van der Waals surface area contributed by atoms with Gasteiger partial charge in [0.1, 0.15) is 11.6 Å². The summed E-state index contributed by atoms with van der Waals surface area (Å²) in [5, 5.41) is 12.1. The first-order valence-corrected chi connectivity index (χ1v) is 7.49. The fraction of sp³-hybridized carbons (Fsp3) is 0. The highest BCUT2D eigenvalue weighted by Crippen LogP contribution is 2.27.